The summed E-state index contributed by atoms with van der Waals surface area (Å²) >= 11 is 1.40. The Morgan fingerprint density at radius 1 is 0.933 bits per heavy atom. The van der Waals surface area contributed by atoms with Gasteiger partial charge in [0.1, 0.15) is 11.7 Å². The van der Waals surface area contributed by atoms with Crippen LogP contribution in [0.15, 0.2) is 83.9 Å². The number of carboxylic acid groups (broad SMARTS) is 1. The lowest BCUT2D eigenvalue weighted by atomic mass is 10.1. The molecule has 30 heavy (non-hydrogen) atoms. The van der Waals surface area contributed by atoms with Gasteiger partial charge in [0.15, 0.2) is 0 Å². The number of carboxylic acids is 1. The van der Waals surface area contributed by atoms with E-state index in [0.717, 1.165) is 10.4 Å². The Kier molecular flexibility index (Phi) is 7.13. The van der Waals surface area contributed by atoms with Crippen LogP contribution in [0.4, 0.5) is 0 Å². The number of nitrogens with one attached hydrogen (secondary N) is 2. The summed E-state index contributed by atoms with van der Waals surface area (Å²) in [6.45, 7) is 0. The Morgan fingerprint density at radius 3 is 2.20 bits per heavy atom. The van der Waals surface area contributed by atoms with Gasteiger partial charge in [-0.2, -0.15) is 0 Å². The largest absolute Gasteiger partial charge is 0.480 e. The Morgan fingerprint density at radius 2 is 1.60 bits per heavy atom. The van der Waals surface area contributed by atoms with Gasteiger partial charge in [-0.15, -0.1) is 11.3 Å². The lowest BCUT2D eigenvalue weighted by Gasteiger charge is -2.17. The zero-order chi connectivity index (χ0) is 21.3. The lowest BCUT2D eigenvalue weighted by molar-refractivity contribution is -0.141. The Labute approximate surface area is 177 Å². The summed E-state index contributed by atoms with van der Waals surface area (Å²) < 4.78 is 0. The van der Waals surface area contributed by atoms with E-state index in [-0.39, 0.29) is 12.1 Å². The highest BCUT2D eigenvalue weighted by atomic mass is 32.1. The predicted molar refractivity (Wildman–Crippen MR) is 116 cm³/mol. The monoisotopic (exact) mass is 420 g/mol. The molecule has 0 saturated heterocycles. The van der Waals surface area contributed by atoms with Crippen molar-refractivity contribution in [3.8, 4) is 0 Å². The maximum absolute atomic E-state index is 12.9. The first kappa shape index (κ1) is 21.0. The molecule has 3 aromatic rings. The molecule has 7 heteroatoms. The molecule has 0 aliphatic rings. The van der Waals surface area contributed by atoms with E-state index in [1.807, 2.05) is 17.5 Å². The summed E-state index contributed by atoms with van der Waals surface area (Å²) in [4.78, 5) is 37.9. The van der Waals surface area contributed by atoms with Crippen LogP contribution in [0.25, 0.3) is 6.08 Å². The third-order valence-electron chi connectivity index (χ3n) is 4.24. The molecular weight excluding hydrogens is 400 g/mol. The topological polar surface area (TPSA) is 95.5 Å². The smallest absolute Gasteiger partial charge is 0.326 e. The molecule has 2 aromatic carbocycles. The molecule has 3 N–H and O–H groups in total. The molecule has 152 valence electrons. The van der Waals surface area contributed by atoms with E-state index in [4.69, 9.17) is 0 Å². The Balaban J connectivity index is 1.80. The van der Waals surface area contributed by atoms with Crippen LogP contribution in [-0.4, -0.2) is 28.9 Å². The van der Waals surface area contributed by atoms with Crippen LogP contribution in [-0.2, 0) is 16.0 Å². The normalized spacial score (nSPS) is 12.1. The number of amides is 2. The third-order valence-corrected chi connectivity index (χ3v) is 5.06. The minimum absolute atomic E-state index is 0.0226. The highest BCUT2D eigenvalue weighted by molar-refractivity contribution is 7.10. The second-order valence-corrected chi connectivity index (χ2v) is 7.43. The second kappa shape index (κ2) is 10.2. The first-order valence-corrected chi connectivity index (χ1v) is 10.1. The molecule has 0 bridgehead atoms. The fraction of sp³-hybridized carbons (Fsp3) is 0.0870. The molecule has 0 unspecified atom stereocenters. The van der Waals surface area contributed by atoms with E-state index >= 15 is 0 Å². The van der Waals surface area contributed by atoms with Crippen LogP contribution in [0.3, 0.4) is 0 Å². The van der Waals surface area contributed by atoms with Gasteiger partial charge in [-0.1, -0.05) is 54.6 Å². The van der Waals surface area contributed by atoms with E-state index in [9.17, 15) is 19.5 Å². The molecule has 0 fully saturated rings. The quantitative estimate of drug-likeness (QED) is 0.487. The van der Waals surface area contributed by atoms with Crippen LogP contribution in [0.1, 0.15) is 20.8 Å². The highest BCUT2D eigenvalue weighted by Gasteiger charge is 2.23. The Hall–Kier alpha value is -3.71. The van der Waals surface area contributed by atoms with Crippen molar-refractivity contribution < 1.29 is 19.5 Å². The number of aliphatic carboxylic acids is 1. The number of benzene rings is 2. The first-order chi connectivity index (χ1) is 14.5. The van der Waals surface area contributed by atoms with Gasteiger partial charge in [0.05, 0.1) is 0 Å². The van der Waals surface area contributed by atoms with Gasteiger partial charge in [-0.25, -0.2) is 4.79 Å². The van der Waals surface area contributed by atoms with Crippen LogP contribution in [0, 0.1) is 0 Å². The summed E-state index contributed by atoms with van der Waals surface area (Å²) in [5.74, 6) is -2.28. The summed E-state index contributed by atoms with van der Waals surface area (Å²) in [6.07, 6.45) is 1.66. The van der Waals surface area contributed by atoms with Crippen molar-refractivity contribution in [3.05, 3.63) is 99.9 Å². The van der Waals surface area contributed by atoms with Gasteiger partial charge in [0, 0.05) is 16.9 Å². The molecule has 0 saturated carbocycles. The van der Waals surface area contributed by atoms with Crippen molar-refractivity contribution in [2.24, 2.45) is 0 Å². The maximum Gasteiger partial charge on any atom is 0.326 e. The highest BCUT2D eigenvalue weighted by Crippen LogP contribution is 2.14. The minimum atomic E-state index is -1.16. The Bertz CT molecular complexity index is 1030. The van der Waals surface area contributed by atoms with Gasteiger partial charge < -0.3 is 15.7 Å². The number of thiophene rings is 1. The van der Waals surface area contributed by atoms with Crippen LogP contribution >= 0.6 is 11.3 Å². The molecular formula is C23H20N2O4S. The zero-order valence-electron chi connectivity index (χ0n) is 15.9. The third kappa shape index (κ3) is 5.89. The molecule has 3 rings (SSSR count). The number of rotatable bonds is 8. The van der Waals surface area contributed by atoms with Crippen molar-refractivity contribution in [3.63, 3.8) is 0 Å². The van der Waals surface area contributed by atoms with Gasteiger partial charge >= 0.3 is 5.97 Å². The molecule has 1 heterocycles. The maximum atomic E-state index is 12.9. The molecule has 0 spiro atoms. The SMILES string of the molecule is O=C(N[C@@H](Cc1ccccc1)C(=O)O)/C(=C\c1cccs1)NC(=O)c1ccccc1. The van der Waals surface area contributed by atoms with Crippen molar-refractivity contribution >= 4 is 35.2 Å². The molecule has 1 aromatic heterocycles. The average molecular weight is 420 g/mol. The second-order valence-electron chi connectivity index (χ2n) is 6.45. The van der Waals surface area contributed by atoms with Crippen molar-refractivity contribution in [1.82, 2.24) is 10.6 Å². The average Bonchev–Trinajstić information content (AvgIpc) is 3.27. The summed E-state index contributed by atoms with van der Waals surface area (Å²) in [7, 11) is 0. The van der Waals surface area contributed by atoms with Crippen LogP contribution < -0.4 is 10.6 Å². The van der Waals surface area contributed by atoms with Gasteiger partial charge in [-0.05, 0) is 35.2 Å². The number of hydrogen-bond acceptors (Lipinski definition) is 4. The number of hydrogen-bond donors (Lipinski definition) is 3. The fourth-order valence-electron chi connectivity index (χ4n) is 2.74. The minimum Gasteiger partial charge on any atom is -0.480 e. The molecule has 0 radical (unpaired) electrons. The summed E-state index contributed by atoms with van der Waals surface area (Å²) in [5, 5.41) is 16.5. The summed E-state index contributed by atoms with van der Waals surface area (Å²) in [5.41, 5.74) is 1.15. The summed E-state index contributed by atoms with van der Waals surface area (Å²) in [6, 6.07) is 20.0. The van der Waals surface area contributed by atoms with Crippen LogP contribution in [0.2, 0.25) is 0 Å². The number of carbonyl (C=O) groups excluding carboxylic acids is 2. The lowest BCUT2D eigenvalue weighted by Crippen LogP contribution is -2.45. The van der Waals surface area contributed by atoms with Crippen LogP contribution in [0.5, 0.6) is 0 Å². The first-order valence-electron chi connectivity index (χ1n) is 9.22. The number of carbonyl (C=O) groups is 3. The van der Waals surface area contributed by atoms with Crippen molar-refractivity contribution in [1.29, 1.82) is 0 Å². The fourth-order valence-corrected chi connectivity index (χ4v) is 3.40. The van der Waals surface area contributed by atoms with Gasteiger partial charge in [-0.3, -0.25) is 9.59 Å². The van der Waals surface area contributed by atoms with E-state index in [2.05, 4.69) is 10.6 Å². The van der Waals surface area contributed by atoms with Gasteiger partial charge in [0.25, 0.3) is 11.8 Å². The molecule has 6 nitrogen and oxygen atoms in total. The van der Waals surface area contributed by atoms with Crippen molar-refractivity contribution in [2.45, 2.75) is 12.5 Å². The predicted octanol–water partition coefficient (Wildman–Crippen LogP) is 3.33. The van der Waals surface area contributed by atoms with Gasteiger partial charge in [0.2, 0.25) is 0 Å². The van der Waals surface area contributed by atoms with E-state index < -0.39 is 23.8 Å². The zero-order valence-corrected chi connectivity index (χ0v) is 16.8. The van der Waals surface area contributed by atoms with E-state index in [0.29, 0.717) is 5.56 Å². The molecule has 0 aliphatic heterocycles. The molecule has 1 atom stereocenters. The standard InChI is InChI=1S/C23H20N2O4S/c26-21(17-10-5-2-6-11-17)24-19(15-18-12-7-13-30-18)22(27)25-20(23(28)29)14-16-8-3-1-4-9-16/h1-13,15,20H,14H2,(H,24,26)(H,25,27)(H,28,29)/b19-15+/t20-/m0/s1. The van der Waals surface area contributed by atoms with E-state index in [1.54, 1.807) is 60.7 Å². The van der Waals surface area contributed by atoms with E-state index in [1.165, 1.54) is 17.4 Å². The van der Waals surface area contributed by atoms with Crippen molar-refractivity contribution in [2.75, 3.05) is 0 Å². The molecule has 0 aliphatic carbocycles. The molecule has 2 amide bonds.